The van der Waals surface area contributed by atoms with Crippen LogP contribution in [0.4, 0.5) is 5.82 Å². The minimum atomic E-state index is -0.485. The first-order valence-corrected chi connectivity index (χ1v) is 3.10. The smallest absolute Gasteiger partial charge is 0.327 e. The van der Waals surface area contributed by atoms with Crippen molar-refractivity contribution in [3.63, 3.8) is 0 Å². The van der Waals surface area contributed by atoms with Crippen molar-refractivity contribution in [3.05, 3.63) is 26.9 Å². The maximum atomic E-state index is 10.7. The fourth-order valence-electron chi connectivity index (χ4n) is 0.697. The molecule has 0 spiro atoms. The summed E-state index contributed by atoms with van der Waals surface area (Å²) in [6.07, 6.45) is 0. The molecule has 0 bridgehead atoms. The fourth-order valence-corrected chi connectivity index (χ4v) is 0.697. The van der Waals surface area contributed by atoms with Crippen LogP contribution < -0.4 is 16.1 Å². The van der Waals surface area contributed by atoms with Crippen molar-refractivity contribution in [1.29, 1.82) is 0 Å². The molecule has 0 aliphatic rings. The molecule has 0 unspecified atom stereocenters. The van der Waals surface area contributed by atoms with E-state index in [0.29, 0.717) is 5.82 Å². The van der Waals surface area contributed by atoms with Gasteiger partial charge in [-0.1, -0.05) is 0 Å². The number of hydrogen-bond donors (Lipinski definition) is 2. The van der Waals surface area contributed by atoms with Crippen molar-refractivity contribution in [3.8, 4) is 0 Å². The number of rotatable bonds is 1. The first-order valence-electron chi connectivity index (χ1n) is 3.10. The van der Waals surface area contributed by atoms with E-state index >= 15 is 0 Å². The number of aromatic nitrogens is 2. The zero-order valence-corrected chi connectivity index (χ0v) is 6.34. The van der Waals surface area contributed by atoms with E-state index in [4.69, 9.17) is 0 Å². The predicted molar refractivity (Wildman–Crippen MR) is 42.0 cm³/mol. The molecule has 1 rings (SSSR count). The number of hydrogen-bond acceptors (Lipinski definition) is 3. The summed E-state index contributed by atoms with van der Waals surface area (Å²) in [6.45, 7) is 0. The highest BCUT2D eigenvalue weighted by Crippen LogP contribution is 1.95. The SMILES string of the molecule is CN(C)c1cc(=O)[nH]c(=O)[nH]1. The standard InChI is InChI=1S/C6H9N3O2/c1-9(2)4-3-5(10)8-6(11)7-4/h3H,1-2H3,(H2,7,8,10,11). The van der Waals surface area contributed by atoms with Crippen LogP contribution in [0.3, 0.4) is 0 Å². The second kappa shape index (κ2) is 2.61. The second-order valence-electron chi connectivity index (χ2n) is 2.37. The van der Waals surface area contributed by atoms with Gasteiger partial charge in [0.2, 0.25) is 0 Å². The summed E-state index contributed by atoms with van der Waals surface area (Å²) in [5.74, 6) is 0.499. The maximum Gasteiger partial charge on any atom is 0.327 e. The van der Waals surface area contributed by atoms with E-state index in [2.05, 4.69) is 9.97 Å². The largest absolute Gasteiger partial charge is 0.364 e. The highest BCUT2D eigenvalue weighted by atomic mass is 16.2. The van der Waals surface area contributed by atoms with E-state index in [9.17, 15) is 9.59 Å². The molecule has 0 fully saturated rings. The van der Waals surface area contributed by atoms with E-state index in [0.717, 1.165) is 0 Å². The quantitative estimate of drug-likeness (QED) is 0.554. The van der Waals surface area contributed by atoms with E-state index in [1.807, 2.05) is 0 Å². The van der Waals surface area contributed by atoms with Crippen LogP contribution in [0, 0.1) is 0 Å². The molecule has 0 saturated carbocycles. The van der Waals surface area contributed by atoms with Gasteiger partial charge in [0, 0.05) is 20.2 Å². The Labute approximate surface area is 62.7 Å². The molecule has 2 N–H and O–H groups in total. The van der Waals surface area contributed by atoms with Crippen LogP contribution in [-0.4, -0.2) is 24.1 Å². The van der Waals surface area contributed by atoms with Gasteiger partial charge in [0.25, 0.3) is 5.56 Å². The summed E-state index contributed by atoms with van der Waals surface area (Å²) in [6, 6.07) is 1.32. The van der Waals surface area contributed by atoms with Crippen LogP contribution in [0.15, 0.2) is 15.7 Å². The normalized spacial score (nSPS) is 9.64. The first kappa shape index (κ1) is 7.59. The van der Waals surface area contributed by atoms with E-state index in [1.54, 1.807) is 19.0 Å². The van der Waals surface area contributed by atoms with Gasteiger partial charge < -0.3 is 4.90 Å². The summed E-state index contributed by atoms with van der Waals surface area (Å²) in [4.78, 5) is 27.6. The Kier molecular flexibility index (Phi) is 1.80. The third-order valence-electron chi connectivity index (χ3n) is 1.23. The van der Waals surface area contributed by atoms with Gasteiger partial charge in [-0.2, -0.15) is 0 Å². The van der Waals surface area contributed by atoms with Crippen LogP contribution in [0.25, 0.3) is 0 Å². The number of nitrogens with zero attached hydrogens (tertiary/aromatic N) is 1. The Hall–Kier alpha value is -1.52. The van der Waals surface area contributed by atoms with Crippen LogP contribution in [-0.2, 0) is 0 Å². The van der Waals surface area contributed by atoms with Gasteiger partial charge in [0.05, 0.1) is 0 Å². The Bertz CT molecular complexity index is 321. The minimum absolute atomic E-state index is 0.391. The monoisotopic (exact) mass is 155 g/mol. The summed E-state index contributed by atoms with van der Waals surface area (Å²) in [7, 11) is 3.48. The summed E-state index contributed by atoms with van der Waals surface area (Å²) in [5, 5.41) is 0. The van der Waals surface area contributed by atoms with E-state index < -0.39 is 11.2 Å². The molecule has 0 atom stereocenters. The third kappa shape index (κ3) is 1.70. The zero-order valence-electron chi connectivity index (χ0n) is 6.34. The van der Waals surface area contributed by atoms with Crippen molar-refractivity contribution < 1.29 is 0 Å². The molecule has 0 saturated heterocycles. The van der Waals surface area contributed by atoms with Crippen LogP contribution in [0.1, 0.15) is 0 Å². The van der Waals surface area contributed by atoms with Crippen molar-refractivity contribution in [2.24, 2.45) is 0 Å². The fraction of sp³-hybridized carbons (Fsp3) is 0.333. The molecule has 5 heteroatoms. The summed E-state index contributed by atoms with van der Waals surface area (Å²) >= 11 is 0. The molecule has 0 aliphatic heterocycles. The minimum Gasteiger partial charge on any atom is -0.364 e. The summed E-state index contributed by atoms with van der Waals surface area (Å²) < 4.78 is 0. The lowest BCUT2D eigenvalue weighted by Crippen LogP contribution is -2.25. The molecular weight excluding hydrogens is 146 g/mol. The number of H-pyrrole nitrogens is 2. The molecule has 0 amide bonds. The van der Waals surface area contributed by atoms with Crippen LogP contribution >= 0.6 is 0 Å². The van der Waals surface area contributed by atoms with Crippen LogP contribution in [0.2, 0.25) is 0 Å². The maximum absolute atomic E-state index is 10.7. The molecule has 5 nitrogen and oxygen atoms in total. The lowest BCUT2D eigenvalue weighted by Gasteiger charge is -2.09. The second-order valence-corrected chi connectivity index (χ2v) is 2.37. The first-order chi connectivity index (χ1) is 5.09. The lowest BCUT2D eigenvalue weighted by atomic mass is 10.5. The molecule has 60 valence electrons. The van der Waals surface area contributed by atoms with E-state index in [1.165, 1.54) is 6.07 Å². The third-order valence-corrected chi connectivity index (χ3v) is 1.23. The molecule has 0 aromatic carbocycles. The molecule has 0 radical (unpaired) electrons. The van der Waals surface area contributed by atoms with Gasteiger partial charge in [-0.05, 0) is 0 Å². The van der Waals surface area contributed by atoms with Gasteiger partial charge in [-0.25, -0.2) is 4.79 Å². The Morgan fingerprint density at radius 2 is 1.91 bits per heavy atom. The van der Waals surface area contributed by atoms with Crippen molar-refractivity contribution >= 4 is 5.82 Å². The Balaban J connectivity index is 3.30. The lowest BCUT2D eigenvalue weighted by molar-refractivity contribution is 0.976. The average Bonchev–Trinajstić information content (AvgIpc) is 1.85. The van der Waals surface area contributed by atoms with Gasteiger partial charge in [0.15, 0.2) is 0 Å². The summed E-state index contributed by atoms with van der Waals surface area (Å²) in [5.41, 5.74) is -0.876. The molecule has 11 heavy (non-hydrogen) atoms. The topological polar surface area (TPSA) is 69.0 Å². The van der Waals surface area contributed by atoms with Crippen molar-refractivity contribution in [2.75, 3.05) is 19.0 Å². The molecular formula is C6H9N3O2. The molecule has 0 aliphatic carbocycles. The molecule has 1 aromatic heterocycles. The number of aromatic amines is 2. The Morgan fingerprint density at radius 1 is 1.27 bits per heavy atom. The van der Waals surface area contributed by atoms with Gasteiger partial charge in [0.1, 0.15) is 5.82 Å². The average molecular weight is 155 g/mol. The van der Waals surface area contributed by atoms with E-state index in [-0.39, 0.29) is 0 Å². The molecule has 1 aromatic rings. The molecule has 1 heterocycles. The predicted octanol–water partition coefficient (Wildman–Crippen LogP) is -0.871. The van der Waals surface area contributed by atoms with Crippen molar-refractivity contribution in [2.45, 2.75) is 0 Å². The highest BCUT2D eigenvalue weighted by Gasteiger charge is 1.96. The number of anilines is 1. The van der Waals surface area contributed by atoms with Gasteiger partial charge in [-0.3, -0.25) is 14.8 Å². The van der Waals surface area contributed by atoms with Crippen molar-refractivity contribution in [1.82, 2.24) is 9.97 Å². The van der Waals surface area contributed by atoms with Gasteiger partial charge >= 0.3 is 5.69 Å². The zero-order chi connectivity index (χ0) is 8.43. The highest BCUT2D eigenvalue weighted by molar-refractivity contribution is 5.33. The van der Waals surface area contributed by atoms with Crippen LogP contribution in [0.5, 0.6) is 0 Å². The van der Waals surface area contributed by atoms with Gasteiger partial charge in [-0.15, -0.1) is 0 Å². The number of nitrogens with one attached hydrogen (secondary N) is 2. The Morgan fingerprint density at radius 3 is 2.36 bits per heavy atom.